The number of nitrogens with two attached hydrogens (primary N) is 1. The lowest BCUT2D eigenvalue weighted by atomic mass is 10.0. The fraction of sp³-hybridized carbons (Fsp3) is 0.462. The lowest BCUT2D eigenvalue weighted by Crippen LogP contribution is -2.32. The number of benzene rings is 1. The van der Waals surface area contributed by atoms with Crippen molar-refractivity contribution in [3.63, 3.8) is 0 Å². The van der Waals surface area contributed by atoms with E-state index in [0.29, 0.717) is 0 Å². The fourth-order valence-electron chi connectivity index (χ4n) is 1.65. The number of aliphatic hydroxyl groups is 1. The number of aryl methyl sites for hydroxylation is 1. The molecule has 0 aliphatic heterocycles. The molecule has 1 amide bonds. The summed E-state index contributed by atoms with van der Waals surface area (Å²) in [5.74, 6) is -0.132. The van der Waals surface area contributed by atoms with E-state index in [2.05, 4.69) is 5.32 Å². The van der Waals surface area contributed by atoms with Gasteiger partial charge in [0.1, 0.15) is 0 Å². The number of carbonyl (C=O) groups is 1. The summed E-state index contributed by atoms with van der Waals surface area (Å²) in [6, 6.07) is 7.42. The lowest BCUT2D eigenvalue weighted by Gasteiger charge is -2.15. The number of hydrogen-bond donors (Lipinski definition) is 3. The zero-order valence-corrected chi connectivity index (χ0v) is 11.5. The van der Waals surface area contributed by atoms with E-state index < -0.39 is 6.10 Å². The first-order valence-electron chi connectivity index (χ1n) is 5.76. The summed E-state index contributed by atoms with van der Waals surface area (Å²) in [6.45, 7) is 3.93. The van der Waals surface area contributed by atoms with Crippen molar-refractivity contribution < 1.29 is 9.90 Å². The summed E-state index contributed by atoms with van der Waals surface area (Å²) in [5, 5.41) is 12.6. The van der Waals surface area contributed by atoms with Gasteiger partial charge in [0.2, 0.25) is 5.91 Å². The monoisotopic (exact) mass is 272 g/mol. The maximum Gasteiger partial charge on any atom is 0.221 e. The van der Waals surface area contributed by atoms with Crippen LogP contribution in [0.3, 0.4) is 0 Å². The van der Waals surface area contributed by atoms with E-state index in [-0.39, 0.29) is 37.3 Å². The maximum absolute atomic E-state index is 11.4. The minimum atomic E-state index is -0.673. The van der Waals surface area contributed by atoms with Crippen molar-refractivity contribution in [1.29, 1.82) is 0 Å². The Morgan fingerprint density at radius 2 is 2.06 bits per heavy atom. The Bertz CT molecular complexity index is 383. The third-order valence-corrected chi connectivity index (χ3v) is 2.55. The second-order valence-electron chi connectivity index (χ2n) is 4.36. The van der Waals surface area contributed by atoms with E-state index in [4.69, 9.17) is 5.73 Å². The Hall–Kier alpha value is -1.10. The van der Waals surface area contributed by atoms with Crippen LogP contribution in [0.15, 0.2) is 24.3 Å². The Labute approximate surface area is 114 Å². The Balaban J connectivity index is 0.00000289. The molecule has 102 valence electrons. The molecule has 1 aromatic rings. The van der Waals surface area contributed by atoms with Gasteiger partial charge in [-0.25, -0.2) is 0 Å². The van der Waals surface area contributed by atoms with Crippen LogP contribution in [0, 0.1) is 6.92 Å². The number of aliphatic hydroxyl groups excluding tert-OH is 1. The van der Waals surface area contributed by atoms with E-state index >= 15 is 0 Å². The van der Waals surface area contributed by atoms with Crippen molar-refractivity contribution in [3.05, 3.63) is 35.4 Å². The molecule has 0 saturated heterocycles. The molecule has 0 heterocycles. The lowest BCUT2D eigenvalue weighted by molar-refractivity contribution is -0.121. The van der Waals surface area contributed by atoms with Crippen molar-refractivity contribution >= 4 is 18.3 Å². The Morgan fingerprint density at radius 1 is 1.44 bits per heavy atom. The first-order valence-corrected chi connectivity index (χ1v) is 5.76. The smallest absolute Gasteiger partial charge is 0.221 e. The normalized spacial score (nSPS) is 13.3. The average Bonchev–Trinajstić information content (AvgIpc) is 2.25. The molecule has 4 nitrogen and oxygen atoms in total. The molecule has 5 heteroatoms. The number of rotatable bonds is 5. The minimum Gasteiger partial charge on any atom is -0.387 e. The van der Waals surface area contributed by atoms with Crippen molar-refractivity contribution in [2.24, 2.45) is 5.73 Å². The predicted octanol–water partition coefficient (Wildman–Crippen LogP) is 1.30. The first kappa shape index (κ1) is 16.9. The van der Waals surface area contributed by atoms with Gasteiger partial charge in [-0.15, -0.1) is 12.4 Å². The molecule has 18 heavy (non-hydrogen) atoms. The molecule has 2 atom stereocenters. The summed E-state index contributed by atoms with van der Waals surface area (Å²) in [7, 11) is 0. The fourth-order valence-corrected chi connectivity index (χ4v) is 1.65. The van der Waals surface area contributed by atoms with Crippen LogP contribution in [0.5, 0.6) is 0 Å². The highest BCUT2D eigenvalue weighted by Gasteiger charge is 2.11. The van der Waals surface area contributed by atoms with E-state index in [1.165, 1.54) is 0 Å². The van der Waals surface area contributed by atoms with Crippen molar-refractivity contribution in [2.75, 3.05) is 6.54 Å². The van der Waals surface area contributed by atoms with E-state index in [1.807, 2.05) is 31.2 Å². The van der Waals surface area contributed by atoms with Crippen LogP contribution >= 0.6 is 12.4 Å². The summed E-state index contributed by atoms with van der Waals surface area (Å²) in [4.78, 5) is 11.4. The van der Waals surface area contributed by atoms with Gasteiger partial charge < -0.3 is 16.2 Å². The molecule has 0 aliphatic carbocycles. The van der Waals surface area contributed by atoms with Crippen molar-refractivity contribution in [1.82, 2.24) is 5.32 Å². The maximum atomic E-state index is 11.4. The second kappa shape index (κ2) is 8.08. The van der Waals surface area contributed by atoms with Crippen LogP contribution in [0.2, 0.25) is 0 Å². The summed E-state index contributed by atoms with van der Waals surface area (Å²) < 4.78 is 0. The molecule has 0 aromatic heterocycles. The van der Waals surface area contributed by atoms with Gasteiger partial charge in [-0.3, -0.25) is 4.79 Å². The van der Waals surface area contributed by atoms with Gasteiger partial charge >= 0.3 is 0 Å². The molecule has 1 rings (SSSR count). The van der Waals surface area contributed by atoms with E-state index in [9.17, 15) is 9.90 Å². The second-order valence-corrected chi connectivity index (χ2v) is 4.36. The van der Waals surface area contributed by atoms with Crippen LogP contribution in [-0.2, 0) is 4.79 Å². The van der Waals surface area contributed by atoms with Gasteiger partial charge in [0.25, 0.3) is 0 Å². The highest BCUT2D eigenvalue weighted by molar-refractivity contribution is 5.85. The first-order chi connectivity index (χ1) is 8.00. The van der Waals surface area contributed by atoms with Crippen LogP contribution in [0.25, 0.3) is 0 Å². The van der Waals surface area contributed by atoms with Gasteiger partial charge in [-0.1, -0.05) is 24.3 Å². The molecule has 0 fully saturated rings. The zero-order valence-electron chi connectivity index (χ0n) is 10.7. The quantitative estimate of drug-likeness (QED) is 0.756. The molecule has 4 N–H and O–H groups in total. The predicted molar refractivity (Wildman–Crippen MR) is 74.7 cm³/mol. The largest absolute Gasteiger partial charge is 0.387 e. The zero-order chi connectivity index (χ0) is 12.8. The Morgan fingerprint density at radius 3 is 2.61 bits per heavy atom. The third kappa shape index (κ3) is 5.49. The van der Waals surface area contributed by atoms with Crippen molar-refractivity contribution in [2.45, 2.75) is 32.4 Å². The van der Waals surface area contributed by atoms with Crippen LogP contribution < -0.4 is 11.1 Å². The van der Waals surface area contributed by atoms with Crippen molar-refractivity contribution in [3.8, 4) is 0 Å². The third-order valence-electron chi connectivity index (χ3n) is 2.55. The molecular formula is C13H21ClN2O2. The molecule has 0 saturated carbocycles. The SMILES string of the molecule is Cc1ccccc1C(O)CNC(=O)CC(C)N.Cl. The Kier molecular flexibility index (Phi) is 7.59. The van der Waals surface area contributed by atoms with Crippen LogP contribution in [0.4, 0.5) is 0 Å². The molecule has 0 aliphatic rings. The number of hydrogen-bond acceptors (Lipinski definition) is 3. The van der Waals surface area contributed by atoms with Gasteiger partial charge in [0, 0.05) is 19.0 Å². The van der Waals surface area contributed by atoms with Gasteiger partial charge in [-0.2, -0.15) is 0 Å². The molecule has 0 spiro atoms. The van der Waals surface area contributed by atoms with E-state index in [0.717, 1.165) is 11.1 Å². The molecule has 0 bridgehead atoms. The number of nitrogens with one attached hydrogen (secondary N) is 1. The minimum absolute atomic E-state index is 0. The van der Waals surface area contributed by atoms with Gasteiger partial charge in [-0.05, 0) is 25.0 Å². The highest BCUT2D eigenvalue weighted by atomic mass is 35.5. The van der Waals surface area contributed by atoms with Gasteiger partial charge in [0.15, 0.2) is 0 Å². The molecule has 2 unspecified atom stereocenters. The highest BCUT2D eigenvalue weighted by Crippen LogP contribution is 2.16. The average molecular weight is 273 g/mol. The van der Waals surface area contributed by atoms with Crippen LogP contribution in [0.1, 0.15) is 30.6 Å². The van der Waals surface area contributed by atoms with Crippen LogP contribution in [-0.4, -0.2) is 23.6 Å². The molecular weight excluding hydrogens is 252 g/mol. The number of amides is 1. The topological polar surface area (TPSA) is 75.3 Å². The van der Waals surface area contributed by atoms with E-state index in [1.54, 1.807) is 6.92 Å². The summed E-state index contributed by atoms with van der Waals surface area (Å²) >= 11 is 0. The summed E-state index contributed by atoms with van der Waals surface area (Å²) in [6.07, 6.45) is -0.395. The van der Waals surface area contributed by atoms with Gasteiger partial charge in [0.05, 0.1) is 6.10 Å². The summed E-state index contributed by atoms with van der Waals surface area (Å²) in [5.41, 5.74) is 7.37. The standard InChI is InChI=1S/C13H20N2O2.ClH/c1-9-5-3-4-6-11(9)12(16)8-15-13(17)7-10(2)14;/h3-6,10,12,16H,7-8,14H2,1-2H3,(H,15,17);1H. The number of halogens is 1. The molecule has 1 aromatic carbocycles. The molecule has 0 radical (unpaired) electrons. The number of carbonyl (C=O) groups excluding carboxylic acids is 1.